The van der Waals surface area contributed by atoms with Gasteiger partial charge in [0.15, 0.2) is 0 Å². The number of fused-ring (bicyclic) bond motifs is 4. The predicted molar refractivity (Wildman–Crippen MR) is 238 cm³/mol. The zero-order valence-corrected chi connectivity index (χ0v) is 33.6. The molecule has 0 bridgehead atoms. The fraction of sp³-hybridized carbons (Fsp3) is 0.120. The van der Waals surface area contributed by atoms with Gasteiger partial charge in [-0.15, -0.1) is 0 Å². The minimum Gasteiger partial charge on any atom is -0.310 e. The van der Waals surface area contributed by atoms with Gasteiger partial charge in [-0.25, -0.2) is 0 Å². The first-order chi connectivity index (χ1) is 26.6. The van der Waals surface area contributed by atoms with E-state index in [1.807, 2.05) is 11.8 Å². The van der Waals surface area contributed by atoms with Crippen LogP contribution >= 0.6 is 11.8 Å². The van der Waals surface area contributed by atoms with E-state index in [-0.39, 0.29) is 0 Å². The molecule has 8 aromatic carbocycles. The molecule has 0 aliphatic carbocycles. The molecule has 2 nitrogen and oxygen atoms in total. The molecule has 54 heavy (non-hydrogen) atoms. The first-order valence-electron chi connectivity index (χ1n) is 19.3. The molecule has 0 aromatic heterocycles. The van der Waals surface area contributed by atoms with Gasteiger partial charge in [0.05, 0.1) is 15.1 Å². The van der Waals surface area contributed by atoms with Crippen LogP contribution in [-0.2, 0) is 0 Å². The molecule has 1 heterocycles. The Morgan fingerprint density at radius 2 is 1.09 bits per heavy atom. The quantitative estimate of drug-likeness (QED) is 0.119. The predicted octanol–water partition coefficient (Wildman–Crippen LogP) is 14.5. The molecule has 9 rings (SSSR count). The Morgan fingerprint density at radius 3 is 1.76 bits per heavy atom. The molecule has 0 unspecified atom stereocenters. The maximum atomic E-state index is 9.83. The lowest BCUT2D eigenvalue weighted by Crippen LogP contribution is -2.37. The maximum absolute atomic E-state index is 9.83. The SMILES string of the molecule is [2H]c1c2c3c(cccc3c3cc(N(c4ccccc4)c4ccc([Si](C)(C)C)cc4)ccc13)Sc1cc(N(c3ccccc3)c3c(C)cc(C)cc3C)ccc1-2. The fourth-order valence-corrected chi connectivity index (χ4v) is 10.5. The molecular formula is C50H44N2SSi. The summed E-state index contributed by atoms with van der Waals surface area (Å²) in [6.07, 6.45) is 0. The van der Waals surface area contributed by atoms with Crippen molar-refractivity contribution < 1.29 is 1.37 Å². The summed E-state index contributed by atoms with van der Waals surface area (Å²) in [6.45, 7) is 13.8. The molecular weight excluding hydrogens is 689 g/mol. The number of hydrogen-bond donors (Lipinski definition) is 0. The molecule has 0 saturated carbocycles. The molecule has 0 fully saturated rings. The van der Waals surface area contributed by atoms with Crippen molar-refractivity contribution in [1.29, 1.82) is 0 Å². The second-order valence-electron chi connectivity index (χ2n) is 15.6. The average Bonchev–Trinajstić information content (AvgIpc) is 3.18. The molecule has 0 amide bonds. The number of aryl methyl sites for hydroxylation is 3. The van der Waals surface area contributed by atoms with E-state index in [1.165, 1.54) is 48.1 Å². The summed E-state index contributed by atoms with van der Waals surface area (Å²) >= 11 is 1.82. The van der Waals surface area contributed by atoms with Gasteiger partial charge in [-0.2, -0.15) is 0 Å². The third kappa shape index (κ3) is 6.00. The van der Waals surface area contributed by atoms with Crippen LogP contribution in [0.5, 0.6) is 0 Å². The lowest BCUT2D eigenvalue weighted by atomic mass is 9.92. The van der Waals surface area contributed by atoms with Crippen molar-refractivity contribution in [3.63, 3.8) is 0 Å². The summed E-state index contributed by atoms with van der Waals surface area (Å²) in [7, 11) is -1.45. The highest BCUT2D eigenvalue weighted by Gasteiger charge is 2.25. The Labute approximate surface area is 326 Å². The van der Waals surface area contributed by atoms with Crippen molar-refractivity contribution >= 4 is 80.7 Å². The van der Waals surface area contributed by atoms with Crippen molar-refractivity contribution in [2.45, 2.75) is 50.2 Å². The van der Waals surface area contributed by atoms with Gasteiger partial charge in [0.2, 0.25) is 0 Å². The van der Waals surface area contributed by atoms with Gasteiger partial charge >= 0.3 is 0 Å². The van der Waals surface area contributed by atoms with Crippen molar-refractivity contribution in [2.24, 2.45) is 0 Å². The van der Waals surface area contributed by atoms with E-state index in [9.17, 15) is 1.37 Å². The maximum Gasteiger partial charge on any atom is 0.0775 e. The number of benzene rings is 8. The number of nitrogens with zero attached hydrogens (tertiary/aromatic N) is 2. The minimum absolute atomic E-state index is 0.576. The molecule has 1 aliphatic rings. The van der Waals surface area contributed by atoms with Crippen molar-refractivity contribution in [3.8, 4) is 11.1 Å². The van der Waals surface area contributed by atoms with Crippen LogP contribution in [0.15, 0.2) is 167 Å². The van der Waals surface area contributed by atoms with E-state index in [2.05, 4.69) is 202 Å². The standard InChI is InChI=1S/C50H44N2SSi/c1-33-28-34(2)50(35(3)29-33)52(38-16-11-8-12-17-38)41-24-27-43-46-30-36-20-21-40(31-45(36)44-18-13-19-47(49(44)46)53-48(43)32-41)51(37-14-9-7-10-15-37)39-22-25-42(26-23-39)54(4,5)6/h7-32H,1-6H3/i30D. The summed E-state index contributed by atoms with van der Waals surface area (Å²) in [5.74, 6) is 0. The van der Waals surface area contributed by atoms with E-state index >= 15 is 0 Å². The highest BCUT2D eigenvalue weighted by Crippen LogP contribution is 2.52. The molecule has 264 valence electrons. The van der Waals surface area contributed by atoms with Crippen LogP contribution in [0.4, 0.5) is 34.1 Å². The molecule has 0 saturated heterocycles. The summed E-state index contributed by atoms with van der Waals surface area (Å²) < 4.78 is 9.83. The Bertz CT molecular complexity index is 2730. The Kier molecular flexibility index (Phi) is 8.19. The van der Waals surface area contributed by atoms with Crippen LogP contribution < -0.4 is 15.0 Å². The van der Waals surface area contributed by atoms with Crippen LogP contribution in [-0.4, -0.2) is 8.07 Å². The van der Waals surface area contributed by atoms with Crippen LogP contribution in [0.1, 0.15) is 18.1 Å². The number of anilines is 6. The van der Waals surface area contributed by atoms with Gasteiger partial charge in [-0.3, -0.25) is 0 Å². The van der Waals surface area contributed by atoms with E-state index in [4.69, 9.17) is 0 Å². The average molecular weight is 734 g/mol. The summed E-state index contributed by atoms with van der Waals surface area (Å²) in [5.41, 5.74) is 12.7. The Balaban J connectivity index is 1.20. The van der Waals surface area contributed by atoms with Crippen molar-refractivity contribution in [1.82, 2.24) is 0 Å². The summed E-state index contributed by atoms with van der Waals surface area (Å²) in [4.78, 5) is 7.09. The molecule has 0 atom stereocenters. The molecule has 0 N–H and O–H groups in total. The zero-order chi connectivity index (χ0) is 38.0. The lowest BCUT2D eigenvalue weighted by Gasteiger charge is -2.30. The second-order valence-corrected chi connectivity index (χ2v) is 21.7. The largest absolute Gasteiger partial charge is 0.310 e. The van der Waals surface area contributed by atoms with Crippen molar-refractivity contribution in [3.05, 3.63) is 174 Å². The molecule has 0 radical (unpaired) electrons. The van der Waals surface area contributed by atoms with Gasteiger partial charge in [0, 0.05) is 43.6 Å². The normalized spacial score (nSPS) is 12.4. The van der Waals surface area contributed by atoms with Gasteiger partial charge in [0.1, 0.15) is 0 Å². The van der Waals surface area contributed by atoms with Gasteiger partial charge < -0.3 is 9.80 Å². The second kappa shape index (κ2) is 13.4. The van der Waals surface area contributed by atoms with E-state index in [1.54, 1.807) is 0 Å². The number of para-hydroxylation sites is 2. The zero-order valence-electron chi connectivity index (χ0n) is 32.7. The first kappa shape index (κ1) is 33.0. The van der Waals surface area contributed by atoms with Crippen LogP contribution in [0.2, 0.25) is 19.6 Å². The van der Waals surface area contributed by atoms with Gasteiger partial charge in [-0.1, -0.05) is 127 Å². The van der Waals surface area contributed by atoms with E-state index in [0.717, 1.165) is 50.3 Å². The molecule has 8 aromatic rings. The van der Waals surface area contributed by atoms with Crippen LogP contribution in [0.25, 0.3) is 32.7 Å². The van der Waals surface area contributed by atoms with Gasteiger partial charge in [0.25, 0.3) is 0 Å². The molecule has 0 spiro atoms. The Morgan fingerprint density at radius 1 is 0.500 bits per heavy atom. The molecule has 1 aliphatic heterocycles. The fourth-order valence-electron chi connectivity index (χ4n) is 8.20. The van der Waals surface area contributed by atoms with Crippen LogP contribution in [0, 0.1) is 20.8 Å². The first-order valence-corrected chi connectivity index (χ1v) is 23.1. The topological polar surface area (TPSA) is 6.48 Å². The smallest absolute Gasteiger partial charge is 0.0775 e. The van der Waals surface area contributed by atoms with Crippen LogP contribution in [0.3, 0.4) is 0 Å². The minimum atomic E-state index is -1.45. The van der Waals surface area contributed by atoms with Crippen molar-refractivity contribution in [2.75, 3.05) is 9.80 Å². The van der Waals surface area contributed by atoms with E-state index < -0.39 is 8.07 Å². The monoisotopic (exact) mass is 733 g/mol. The highest BCUT2D eigenvalue weighted by atomic mass is 32.2. The third-order valence-electron chi connectivity index (χ3n) is 10.7. The number of rotatable bonds is 7. The lowest BCUT2D eigenvalue weighted by molar-refractivity contribution is 1.19. The van der Waals surface area contributed by atoms with E-state index in [0.29, 0.717) is 6.04 Å². The summed E-state index contributed by atoms with van der Waals surface area (Å²) in [5, 5.41) is 5.85. The molecule has 4 heteroatoms. The highest BCUT2D eigenvalue weighted by molar-refractivity contribution is 7.99. The number of hydrogen-bond acceptors (Lipinski definition) is 3. The third-order valence-corrected chi connectivity index (χ3v) is 13.9. The van der Waals surface area contributed by atoms with Gasteiger partial charge in [-0.05, 0) is 132 Å². The summed E-state index contributed by atoms with van der Waals surface area (Å²) in [6, 6.07) is 55.6. The Hall–Kier alpha value is -5.55.